The number of benzene rings is 3. The molecule has 7 nitrogen and oxygen atoms in total. The standard InChI is InChI=1S/C30H25F3N6OS/c1-17(2)24-12-11-23-27(38-24)35-16-36-28(23)39-25-15-21(8-13-26(25)41-22-9-6-20(34)7-10-22)37-29(40)18-4-3-5-19(14-18)30(31,32)33/h3-17H,34H2,1-2H3,(H,37,40)(H,35,36,38,39). The number of carbonyl (C=O) groups excluding carboxylic acids is 1. The Morgan fingerprint density at radius 3 is 2.46 bits per heavy atom. The summed E-state index contributed by atoms with van der Waals surface area (Å²) in [7, 11) is 0. The molecular weight excluding hydrogens is 549 g/mol. The van der Waals surface area contributed by atoms with Crippen LogP contribution < -0.4 is 16.4 Å². The molecule has 5 aromatic rings. The number of nitrogens with one attached hydrogen (secondary N) is 2. The van der Waals surface area contributed by atoms with E-state index in [4.69, 9.17) is 5.73 Å². The summed E-state index contributed by atoms with van der Waals surface area (Å²) < 4.78 is 39.5. The molecule has 11 heteroatoms. The zero-order valence-electron chi connectivity index (χ0n) is 22.0. The van der Waals surface area contributed by atoms with Gasteiger partial charge in [0.2, 0.25) is 0 Å². The molecule has 0 bridgehead atoms. The molecule has 4 N–H and O–H groups in total. The number of nitrogens with two attached hydrogens (primary N) is 1. The molecule has 2 aromatic heterocycles. The van der Waals surface area contributed by atoms with Crippen molar-refractivity contribution in [2.24, 2.45) is 0 Å². The Bertz CT molecular complexity index is 1720. The van der Waals surface area contributed by atoms with E-state index >= 15 is 0 Å². The van der Waals surface area contributed by atoms with E-state index in [2.05, 4.69) is 25.6 Å². The number of aromatic nitrogens is 3. The fourth-order valence-corrected chi connectivity index (χ4v) is 4.89. The number of hydrogen-bond acceptors (Lipinski definition) is 7. The van der Waals surface area contributed by atoms with E-state index in [1.807, 2.05) is 44.2 Å². The van der Waals surface area contributed by atoms with Crippen LogP contribution in [-0.2, 0) is 6.18 Å². The molecular formula is C30H25F3N6OS. The lowest BCUT2D eigenvalue weighted by Gasteiger charge is -2.16. The van der Waals surface area contributed by atoms with Gasteiger partial charge in [0.15, 0.2) is 5.65 Å². The number of rotatable bonds is 7. The van der Waals surface area contributed by atoms with Gasteiger partial charge in [-0.25, -0.2) is 15.0 Å². The Morgan fingerprint density at radius 2 is 1.73 bits per heavy atom. The first-order valence-corrected chi connectivity index (χ1v) is 13.4. The summed E-state index contributed by atoms with van der Waals surface area (Å²) >= 11 is 1.47. The topological polar surface area (TPSA) is 106 Å². The van der Waals surface area contributed by atoms with Gasteiger partial charge in [-0.15, -0.1) is 0 Å². The third kappa shape index (κ3) is 6.58. The van der Waals surface area contributed by atoms with Crippen LogP contribution in [0.1, 0.15) is 41.4 Å². The number of alkyl halides is 3. The van der Waals surface area contributed by atoms with Crippen LogP contribution in [-0.4, -0.2) is 20.9 Å². The number of halogens is 3. The van der Waals surface area contributed by atoms with Gasteiger partial charge in [0.25, 0.3) is 5.91 Å². The first-order valence-electron chi connectivity index (χ1n) is 12.6. The molecule has 0 aliphatic carbocycles. The van der Waals surface area contributed by atoms with Gasteiger partial charge in [0.05, 0.1) is 16.6 Å². The highest BCUT2D eigenvalue weighted by atomic mass is 32.2. The summed E-state index contributed by atoms with van der Waals surface area (Å²) in [4.78, 5) is 28.0. The zero-order chi connectivity index (χ0) is 29.1. The van der Waals surface area contributed by atoms with E-state index in [0.717, 1.165) is 27.6 Å². The second-order valence-corrected chi connectivity index (χ2v) is 10.6. The van der Waals surface area contributed by atoms with Crippen molar-refractivity contribution in [3.63, 3.8) is 0 Å². The van der Waals surface area contributed by atoms with E-state index in [0.29, 0.717) is 33.9 Å². The Kier molecular flexibility index (Phi) is 7.80. The van der Waals surface area contributed by atoms with E-state index in [9.17, 15) is 18.0 Å². The van der Waals surface area contributed by atoms with Crippen molar-refractivity contribution >= 4 is 51.6 Å². The lowest BCUT2D eigenvalue weighted by molar-refractivity contribution is -0.137. The number of pyridine rings is 1. The average Bonchev–Trinajstić information content (AvgIpc) is 2.95. The van der Waals surface area contributed by atoms with Crippen molar-refractivity contribution in [2.45, 2.75) is 35.7 Å². The van der Waals surface area contributed by atoms with Crippen LogP contribution in [0.4, 0.5) is 36.1 Å². The quantitative estimate of drug-likeness (QED) is 0.170. The van der Waals surface area contributed by atoms with Gasteiger partial charge in [-0.3, -0.25) is 4.79 Å². The van der Waals surface area contributed by atoms with E-state index in [1.54, 1.807) is 24.3 Å². The summed E-state index contributed by atoms with van der Waals surface area (Å²) in [5, 5.41) is 6.75. The molecule has 0 aliphatic rings. The molecule has 2 heterocycles. The zero-order valence-corrected chi connectivity index (χ0v) is 22.8. The van der Waals surface area contributed by atoms with Crippen LogP contribution in [0.5, 0.6) is 0 Å². The molecule has 0 fully saturated rings. The van der Waals surface area contributed by atoms with Crippen LogP contribution in [0.15, 0.2) is 95.0 Å². The predicted octanol–water partition coefficient (Wildman–Crippen LogP) is 7.90. The number of amides is 1. The van der Waals surface area contributed by atoms with Gasteiger partial charge in [0, 0.05) is 32.4 Å². The van der Waals surface area contributed by atoms with Crippen molar-refractivity contribution in [1.29, 1.82) is 0 Å². The van der Waals surface area contributed by atoms with Gasteiger partial charge >= 0.3 is 6.18 Å². The minimum absolute atomic E-state index is 0.108. The number of nitrogens with zero attached hydrogens (tertiary/aromatic N) is 3. The molecule has 3 aromatic carbocycles. The maximum Gasteiger partial charge on any atom is 0.416 e. The molecule has 0 saturated heterocycles. The minimum atomic E-state index is -4.56. The first-order chi connectivity index (χ1) is 19.6. The van der Waals surface area contributed by atoms with Gasteiger partial charge < -0.3 is 16.4 Å². The third-order valence-electron chi connectivity index (χ3n) is 6.16. The van der Waals surface area contributed by atoms with Crippen molar-refractivity contribution in [3.8, 4) is 0 Å². The molecule has 41 heavy (non-hydrogen) atoms. The van der Waals surface area contributed by atoms with Crippen LogP contribution in [0.3, 0.4) is 0 Å². The Morgan fingerprint density at radius 1 is 0.951 bits per heavy atom. The largest absolute Gasteiger partial charge is 0.416 e. The minimum Gasteiger partial charge on any atom is -0.399 e. The van der Waals surface area contributed by atoms with Crippen LogP contribution in [0, 0.1) is 0 Å². The predicted molar refractivity (Wildman–Crippen MR) is 156 cm³/mol. The number of carbonyl (C=O) groups is 1. The number of fused-ring (bicyclic) bond motifs is 1. The highest BCUT2D eigenvalue weighted by Gasteiger charge is 2.31. The summed E-state index contributed by atoms with van der Waals surface area (Å²) in [5.74, 6) is 0.0722. The Labute approximate surface area is 238 Å². The van der Waals surface area contributed by atoms with Crippen molar-refractivity contribution in [2.75, 3.05) is 16.4 Å². The summed E-state index contributed by atoms with van der Waals surface area (Å²) in [6, 6.07) is 20.7. The number of hydrogen-bond donors (Lipinski definition) is 3. The van der Waals surface area contributed by atoms with E-state index in [-0.39, 0.29) is 11.5 Å². The molecule has 0 saturated carbocycles. The van der Waals surface area contributed by atoms with Crippen LogP contribution >= 0.6 is 11.8 Å². The number of anilines is 4. The normalized spacial score (nSPS) is 11.6. The van der Waals surface area contributed by atoms with Crippen molar-refractivity contribution in [3.05, 3.63) is 102 Å². The monoisotopic (exact) mass is 574 g/mol. The highest BCUT2D eigenvalue weighted by Crippen LogP contribution is 2.38. The fourth-order valence-electron chi connectivity index (χ4n) is 4.00. The molecule has 0 unspecified atom stereocenters. The van der Waals surface area contributed by atoms with Crippen LogP contribution in [0.2, 0.25) is 0 Å². The lowest BCUT2D eigenvalue weighted by atomic mass is 10.1. The summed E-state index contributed by atoms with van der Waals surface area (Å²) in [6.07, 6.45) is -3.13. The fraction of sp³-hybridized carbons (Fsp3) is 0.133. The van der Waals surface area contributed by atoms with E-state index < -0.39 is 17.6 Å². The Hall–Kier alpha value is -4.64. The molecule has 208 valence electrons. The molecule has 0 aliphatic heterocycles. The van der Waals surface area contributed by atoms with Gasteiger partial charge in [-0.2, -0.15) is 13.2 Å². The molecule has 1 amide bonds. The summed E-state index contributed by atoms with van der Waals surface area (Å²) in [5.41, 5.74) is 7.91. The Balaban J connectivity index is 1.50. The van der Waals surface area contributed by atoms with Crippen molar-refractivity contribution < 1.29 is 18.0 Å². The average molecular weight is 575 g/mol. The second-order valence-electron chi connectivity index (χ2n) is 9.52. The second kappa shape index (κ2) is 11.5. The SMILES string of the molecule is CC(C)c1ccc2c(Nc3cc(NC(=O)c4cccc(C(F)(F)F)c4)ccc3Sc3ccc(N)cc3)ncnc2n1. The van der Waals surface area contributed by atoms with Gasteiger partial charge in [-0.05, 0) is 78.7 Å². The van der Waals surface area contributed by atoms with Crippen molar-refractivity contribution in [1.82, 2.24) is 15.0 Å². The lowest BCUT2D eigenvalue weighted by Crippen LogP contribution is -2.14. The van der Waals surface area contributed by atoms with E-state index in [1.165, 1.54) is 30.2 Å². The molecule has 0 radical (unpaired) electrons. The van der Waals surface area contributed by atoms with Crippen LogP contribution in [0.25, 0.3) is 11.0 Å². The smallest absolute Gasteiger partial charge is 0.399 e. The third-order valence-corrected chi connectivity index (χ3v) is 7.24. The van der Waals surface area contributed by atoms with Gasteiger partial charge in [-0.1, -0.05) is 31.7 Å². The maximum absolute atomic E-state index is 13.2. The number of nitrogen functional groups attached to an aromatic ring is 1. The maximum atomic E-state index is 13.2. The molecule has 0 spiro atoms. The summed E-state index contributed by atoms with van der Waals surface area (Å²) in [6.45, 7) is 4.10. The highest BCUT2D eigenvalue weighted by molar-refractivity contribution is 7.99. The molecule has 0 atom stereocenters. The van der Waals surface area contributed by atoms with Gasteiger partial charge in [0.1, 0.15) is 12.1 Å². The first kappa shape index (κ1) is 27.9. The molecule has 5 rings (SSSR count).